The van der Waals surface area contributed by atoms with E-state index in [-0.39, 0.29) is 5.91 Å². The van der Waals surface area contributed by atoms with E-state index < -0.39 is 0 Å². The van der Waals surface area contributed by atoms with Gasteiger partial charge in [0.1, 0.15) is 0 Å². The predicted molar refractivity (Wildman–Crippen MR) is 86.0 cm³/mol. The third-order valence-electron chi connectivity index (χ3n) is 4.42. The summed E-state index contributed by atoms with van der Waals surface area (Å²) in [6.07, 6.45) is 5.42. The van der Waals surface area contributed by atoms with Crippen LogP contribution in [0.3, 0.4) is 0 Å². The first-order valence-electron chi connectivity index (χ1n) is 8.11. The lowest BCUT2D eigenvalue weighted by atomic mass is 10.1. The van der Waals surface area contributed by atoms with Gasteiger partial charge in [-0.05, 0) is 31.9 Å². The maximum atomic E-state index is 12.9. The van der Waals surface area contributed by atoms with Crippen LogP contribution in [-0.2, 0) is 0 Å². The quantitative estimate of drug-likeness (QED) is 0.846. The van der Waals surface area contributed by atoms with E-state index >= 15 is 0 Å². The molecule has 5 heteroatoms. The van der Waals surface area contributed by atoms with Crippen LogP contribution < -0.4 is 9.47 Å². The van der Waals surface area contributed by atoms with E-state index in [9.17, 15) is 4.79 Å². The van der Waals surface area contributed by atoms with Crippen molar-refractivity contribution in [3.05, 3.63) is 22.7 Å². The number of halogens is 1. The second-order valence-corrected chi connectivity index (χ2v) is 6.27. The molecule has 120 valence electrons. The van der Waals surface area contributed by atoms with Crippen molar-refractivity contribution in [2.24, 2.45) is 0 Å². The van der Waals surface area contributed by atoms with Gasteiger partial charge in [-0.25, -0.2) is 0 Å². The highest BCUT2D eigenvalue weighted by Crippen LogP contribution is 2.38. The van der Waals surface area contributed by atoms with Gasteiger partial charge >= 0.3 is 0 Å². The first kappa shape index (κ1) is 15.5. The molecule has 0 spiro atoms. The minimum absolute atomic E-state index is 0.0342. The van der Waals surface area contributed by atoms with Crippen LogP contribution in [0.1, 0.15) is 49.4 Å². The number of rotatable bonds is 3. The molecule has 0 radical (unpaired) electrons. The van der Waals surface area contributed by atoms with E-state index in [2.05, 4.69) is 0 Å². The topological polar surface area (TPSA) is 38.8 Å². The second kappa shape index (κ2) is 6.78. The molecule has 1 aliphatic heterocycles. The number of carbonyl (C=O) groups is 1. The zero-order valence-corrected chi connectivity index (χ0v) is 13.7. The van der Waals surface area contributed by atoms with Crippen LogP contribution in [0.4, 0.5) is 0 Å². The zero-order chi connectivity index (χ0) is 15.5. The molecule has 0 saturated heterocycles. The van der Waals surface area contributed by atoms with E-state index in [1.54, 1.807) is 12.1 Å². The first-order valence-corrected chi connectivity index (χ1v) is 8.48. The Bertz CT molecular complexity index is 555. The van der Waals surface area contributed by atoms with Crippen LogP contribution in [0.5, 0.6) is 11.5 Å². The van der Waals surface area contributed by atoms with Gasteiger partial charge in [-0.2, -0.15) is 0 Å². The van der Waals surface area contributed by atoms with Gasteiger partial charge in [0.15, 0.2) is 11.5 Å². The van der Waals surface area contributed by atoms with Gasteiger partial charge in [-0.3, -0.25) is 4.79 Å². The average molecular weight is 324 g/mol. The summed E-state index contributed by atoms with van der Waals surface area (Å²) < 4.78 is 11.3. The fourth-order valence-electron chi connectivity index (χ4n) is 3.30. The molecule has 0 unspecified atom stereocenters. The van der Waals surface area contributed by atoms with Gasteiger partial charge in [-0.15, -0.1) is 0 Å². The van der Waals surface area contributed by atoms with Crippen molar-refractivity contribution < 1.29 is 14.3 Å². The minimum Gasteiger partial charge on any atom is -0.489 e. The standard InChI is InChI=1S/C17H22ClNO3/c1-2-19(13-6-3-4-7-13)17(20)12-10-14(18)16-15(11-12)21-8-5-9-22-16/h10-11,13H,2-9H2,1H3. The lowest BCUT2D eigenvalue weighted by molar-refractivity contribution is 0.0693. The van der Waals surface area contributed by atoms with Crippen LogP contribution >= 0.6 is 11.6 Å². The Hall–Kier alpha value is -1.42. The molecular formula is C17H22ClNO3. The highest BCUT2D eigenvalue weighted by atomic mass is 35.5. The molecule has 1 fully saturated rings. The fourth-order valence-corrected chi connectivity index (χ4v) is 3.57. The second-order valence-electron chi connectivity index (χ2n) is 5.87. The Balaban J connectivity index is 1.88. The Kier molecular flexibility index (Phi) is 4.77. The summed E-state index contributed by atoms with van der Waals surface area (Å²) in [5.74, 6) is 1.17. The summed E-state index contributed by atoms with van der Waals surface area (Å²) in [7, 11) is 0. The van der Waals surface area contributed by atoms with Gasteiger partial charge in [0, 0.05) is 24.6 Å². The number of benzene rings is 1. The molecule has 3 rings (SSSR count). The molecule has 4 nitrogen and oxygen atoms in total. The van der Waals surface area contributed by atoms with E-state index in [1.165, 1.54) is 12.8 Å². The van der Waals surface area contributed by atoms with Gasteiger partial charge in [0.2, 0.25) is 0 Å². The highest BCUT2D eigenvalue weighted by molar-refractivity contribution is 6.32. The molecule has 2 aliphatic rings. The molecule has 1 heterocycles. The number of hydrogen-bond acceptors (Lipinski definition) is 3. The van der Waals surface area contributed by atoms with Crippen LogP contribution in [0, 0.1) is 0 Å². The van der Waals surface area contributed by atoms with Crippen LogP contribution in [0.25, 0.3) is 0 Å². The summed E-state index contributed by atoms with van der Waals surface area (Å²) >= 11 is 6.30. The van der Waals surface area contributed by atoms with E-state index in [0.29, 0.717) is 41.3 Å². The lowest BCUT2D eigenvalue weighted by Crippen LogP contribution is -2.38. The number of hydrogen-bond donors (Lipinski definition) is 0. The summed E-state index contributed by atoms with van der Waals surface area (Å²) in [5, 5.41) is 0.449. The van der Waals surface area contributed by atoms with Gasteiger partial charge in [-0.1, -0.05) is 24.4 Å². The summed E-state index contributed by atoms with van der Waals surface area (Å²) in [6, 6.07) is 3.83. The molecule has 0 aromatic heterocycles. The molecule has 0 bridgehead atoms. The fraction of sp³-hybridized carbons (Fsp3) is 0.588. The van der Waals surface area contributed by atoms with E-state index in [1.807, 2.05) is 11.8 Å². The monoisotopic (exact) mass is 323 g/mol. The van der Waals surface area contributed by atoms with Crippen LogP contribution in [-0.4, -0.2) is 36.6 Å². The van der Waals surface area contributed by atoms with Crippen LogP contribution in [0.2, 0.25) is 5.02 Å². The smallest absolute Gasteiger partial charge is 0.254 e. The van der Waals surface area contributed by atoms with Gasteiger partial charge in [0.05, 0.1) is 18.2 Å². The van der Waals surface area contributed by atoms with Crippen molar-refractivity contribution in [3.63, 3.8) is 0 Å². The van der Waals surface area contributed by atoms with Crippen LogP contribution in [0.15, 0.2) is 12.1 Å². The normalized spacial score (nSPS) is 18.1. The maximum Gasteiger partial charge on any atom is 0.254 e. The number of nitrogens with zero attached hydrogens (tertiary/aromatic N) is 1. The lowest BCUT2D eigenvalue weighted by Gasteiger charge is -2.28. The third-order valence-corrected chi connectivity index (χ3v) is 4.70. The van der Waals surface area contributed by atoms with Crippen molar-refractivity contribution in [1.82, 2.24) is 4.90 Å². The molecule has 1 saturated carbocycles. The van der Waals surface area contributed by atoms with E-state index in [4.69, 9.17) is 21.1 Å². The Labute approximate surface area is 136 Å². The summed E-state index contributed by atoms with van der Waals surface area (Å²) in [4.78, 5) is 14.8. The van der Waals surface area contributed by atoms with Gasteiger partial charge in [0.25, 0.3) is 5.91 Å². The molecule has 1 aromatic carbocycles. The van der Waals surface area contributed by atoms with Crippen molar-refractivity contribution >= 4 is 17.5 Å². The number of amides is 1. The first-order chi connectivity index (χ1) is 10.7. The molecule has 1 amide bonds. The van der Waals surface area contributed by atoms with E-state index in [0.717, 1.165) is 25.8 Å². The number of fused-ring (bicyclic) bond motifs is 1. The number of carbonyl (C=O) groups excluding carboxylic acids is 1. The average Bonchev–Trinajstić information content (AvgIpc) is 2.92. The molecule has 1 aliphatic carbocycles. The molecule has 0 N–H and O–H groups in total. The molecule has 1 aromatic rings. The van der Waals surface area contributed by atoms with Crippen molar-refractivity contribution in [2.45, 2.75) is 45.1 Å². The molecule has 0 atom stereocenters. The summed E-state index contributed by atoms with van der Waals surface area (Å²) in [6.45, 7) is 3.92. The predicted octanol–water partition coefficient (Wildman–Crippen LogP) is 3.91. The Morgan fingerprint density at radius 1 is 1.23 bits per heavy atom. The Morgan fingerprint density at radius 2 is 1.95 bits per heavy atom. The minimum atomic E-state index is 0.0342. The largest absolute Gasteiger partial charge is 0.489 e. The Morgan fingerprint density at radius 3 is 2.68 bits per heavy atom. The summed E-state index contributed by atoms with van der Waals surface area (Å²) in [5.41, 5.74) is 0.586. The molecule has 22 heavy (non-hydrogen) atoms. The molecular weight excluding hydrogens is 302 g/mol. The SMILES string of the molecule is CCN(C(=O)c1cc(Cl)c2c(c1)OCCCO2)C1CCCC1. The van der Waals surface area contributed by atoms with Crippen molar-refractivity contribution in [2.75, 3.05) is 19.8 Å². The number of ether oxygens (including phenoxy) is 2. The van der Waals surface area contributed by atoms with Crippen molar-refractivity contribution in [3.8, 4) is 11.5 Å². The maximum absolute atomic E-state index is 12.9. The van der Waals surface area contributed by atoms with Gasteiger partial charge < -0.3 is 14.4 Å². The van der Waals surface area contributed by atoms with Crippen molar-refractivity contribution in [1.29, 1.82) is 0 Å². The zero-order valence-electron chi connectivity index (χ0n) is 12.9. The third kappa shape index (κ3) is 3.02. The highest BCUT2D eigenvalue weighted by Gasteiger charge is 2.27.